The van der Waals surface area contributed by atoms with Gasteiger partial charge < -0.3 is 4.98 Å². The molecule has 0 saturated carbocycles. The standard InChI is InChI=1S/C16H13N3O4S/c20-19(21)13-6-7-14-15(10-13)18-16(17-14)11-24(22,23)9-8-12-4-2-1-3-5-12/h1-10H,11H2,(H,17,18)/b9-8+. The minimum Gasteiger partial charge on any atom is -0.341 e. The second-order valence-electron chi connectivity index (χ2n) is 5.16. The van der Waals surface area contributed by atoms with Crippen LogP contribution in [0.4, 0.5) is 5.69 Å². The summed E-state index contributed by atoms with van der Waals surface area (Å²) in [6.07, 6.45) is 1.52. The van der Waals surface area contributed by atoms with Crippen molar-refractivity contribution in [3.63, 3.8) is 0 Å². The molecule has 0 unspecified atom stereocenters. The highest BCUT2D eigenvalue weighted by atomic mass is 32.2. The lowest BCUT2D eigenvalue weighted by Crippen LogP contribution is -2.01. The molecule has 0 spiro atoms. The molecule has 0 bridgehead atoms. The van der Waals surface area contributed by atoms with E-state index in [2.05, 4.69) is 9.97 Å². The average molecular weight is 343 g/mol. The van der Waals surface area contributed by atoms with Gasteiger partial charge in [-0.2, -0.15) is 0 Å². The van der Waals surface area contributed by atoms with Crippen molar-refractivity contribution in [1.29, 1.82) is 0 Å². The van der Waals surface area contributed by atoms with Crippen molar-refractivity contribution in [2.24, 2.45) is 0 Å². The van der Waals surface area contributed by atoms with Gasteiger partial charge in [-0.05, 0) is 17.7 Å². The van der Waals surface area contributed by atoms with Gasteiger partial charge in [-0.15, -0.1) is 0 Å². The maximum absolute atomic E-state index is 12.2. The summed E-state index contributed by atoms with van der Waals surface area (Å²) >= 11 is 0. The molecule has 3 rings (SSSR count). The van der Waals surface area contributed by atoms with E-state index in [9.17, 15) is 18.5 Å². The predicted octanol–water partition coefficient (Wildman–Crippen LogP) is 3.06. The molecule has 7 nitrogen and oxygen atoms in total. The molecule has 0 fully saturated rings. The third kappa shape index (κ3) is 3.66. The number of hydrogen-bond acceptors (Lipinski definition) is 5. The number of sulfone groups is 1. The minimum atomic E-state index is -3.52. The van der Waals surface area contributed by atoms with Crippen molar-refractivity contribution in [2.45, 2.75) is 5.75 Å². The number of nitrogens with one attached hydrogen (secondary N) is 1. The molecular weight excluding hydrogens is 330 g/mol. The van der Waals surface area contributed by atoms with Crippen LogP contribution in [0.5, 0.6) is 0 Å². The van der Waals surface area contributed by atoms with Crippen LogP contribution in [0.25, 0.3) is 17.1 Å². The van der Waals surface area contributed by atoms with Gasteiger partial charge >= 0.3 is 0 Å². The van der Waals surface area contributed by atoms with Crippen LogP contribution in [-0.4, -0.2) is 23.3 Å². The average Bonchev–Trinajstić information content (AvgIpc) is 2.94. The fourth-order valence-electron chi connectivity index (χ4n) is 2.22. The summed E-state index contributed by atoms with van der Waals surface area (Å²) in [6.45, 7) is 0. The van der Waals surface area contributed by atoms with Gasteiger partial charge in [0, 0.05) is 17.5 Å². The Balaban J connectivity index is 1.83. The van der Waals surface area contributed by atoms with Gasteiger partial charge in [0.25, 0.3) is 5.69 Å². The molecule has 1 heterocycles. The minimum absolute atomic E-state index is 0.0791. The quantitative estimate of drug-likeness (QED) is 0.566. The number of non-ortho nitro benzene ring substituents is 1. The lowest BCUT2D eigenvalue weighted by Gasteiger charge is -1.96. The second-order valence-corrected chi connectivity index (χ2v) is 7.05. The third-order valence-corrected chi connectivity index (χ3v) is 4.56. The number of H-pyrrole nitrogens is 1. The van der Waals surface area contributed by atoms with Crippen LogP contribution in [0.3, 0.4) is 0 Å². The molecule has 0 aliphatic rings. The number of benzene rings is 2. The van der Waals surface area contributed by atoms with Crippen LogP contribution >= 0.6 is 0 Å². The third-order valence-electron chi connectivity index (χ3n) is 3.33. The highest BCUT2D eigenvalue weighted by molar-refractivity contribution is 7.93. The first kappa shape index (κ1) is 15.9. The summed E-state index contributed by atoms with van der Waals surface area (Å²) in [7, 11) is -3.52. The smallest absolute Gasteiger partial charge is 0.271 e. The van der Waals surface area contributed by atoms with Crippen molar-refractivity contribution in [3.8, 4) is 0 Å². The monoisotopic (exact) mass is 343 g/mol. The zero-order valence-corrected chi connectivity index (χ0v) is 13.2. The molecular formula is C16H13N3O4S. The van der Waals surface area contributed by atoms with Gasteiger partial charge in [-0.3, -0.25) is 10.1 Å². The van der Waals surface area contributed by atoms with E-state index in [4.69, 9.17) is 0 Å². The maximum atomic E-state index is 12.2. The molecule has 0 saturated heterocycles. The predicted molar refractivity (Wildman–Crippen MR) is 90.8 cm³/mol. The fraction of sp³-hybridized carbons (Fsp3) is 0.0625. The Kier molecular flexibility index (Phi) is 4.13. The molecule has 1 N–H and O–H groups in total. The Labute approximate surface area is 137 Å². The molecule has 24 heavy (non-hydrogen) atoms. The van der Waals surface area contributed by atoms with Crippen LogP contribution in [0, 0.1) is 10.1 Å². The lowest BCUT2D eigenvalue weighted by atomic mass is 10.2. The SMILES string of the molecule is O=[N+]([O-])c1ccc2nc(CS(=O)(=O)/C=C/c3ccccc3)[nH]c2c1. The van der Waals surface area contributed by atoms with Crippen molar-refractivity contribution < 1.29 is 13.3 Å². The van der Waals surface area contributed by atoms with Crippen molar-refractivity contribution >= 4 is 32.6 Å². The fourth-order valence-corrected chi connectivity index (χ4v) is 3.20. The van der Waals surface area contributed by atoms with Crippen LogP contribution < -0.4 is 0 Å². The summed E-state index contributed by atoms with van der Waals surface area (Å²) in [6, 6.07) is 13.2. The summed E-state index contributed by atoms with van der Waals surface area (Å²) in [5, 5.41) is 11.9. The second kappa shape index (κ2) is 6.25. The van der Waals surface area contributed by atoms with E-state index >= 15 is 0 Å². The van der Waals surface area contributed by atoms with Crippen molar-refractivity contribution in [2.75, 3.05) is 0 Å². The molecule has 3 aromatic rings. The van der Waals surface area contributed by atoms with Gasteiger partial charge in [0.1, 0.15) is 11.6 Å². The van der Waals surface area contributed by atoms with E-state index < -0.39 is 14.8 Å². The lowest BCUT2D eigenvalue weighted by molar-refractivity contribution is -0.384. The number of nitro groups is 1. The summed E-state index contributed by atoms with van der Waals surface area (Å²) in [5.74, 6) is -0.0677. The number of nitrogens with zero attached hydrogens (tertiary/aromatic N) is 2. The summed E-state index contributed by atoms with van der Waals surface area (Å²) in [4.78, 5) is 17.2. The molecule has 1 aromatic heterocycles. The zero-order valence-electron chi connectivity index (χ0n) is 12.4. The van der Waals surface area contributed by atoms with Crippen LogP contribution in [0.15, 0.2) is 53.9 Å². The van der Waals surface area contributed by atoms with Crippen LogP contribution in [0.2, 0.25) is 0 Å². The molecule has 8 heteroatoms. The first-order valence-electron chi connectivity index (χ1n) is 7.02. The van der Waals surface area contributed by atoms with Crippen molar-refractivity contribution in [1.82, 2.24) is 9.97 Å². The Morgan fingerprint density at radius 3 is 2.62 bits per heavy atom. The largest absolute Gasteiger partial charge is 0.341 e. The molecule has 0 atom stereocenters. The topological polar surface area (TPSA) is 106 Å². The van der Waals surface area contributed by atoms with Crippen LogP contribution in [0.1, 0.15) is 11.4 Å². The first-order valence-corrected chi connectivity index (χ1v) is 8.73. The molecule has 0 aliphatic carbocycles. The highest BCUT2D eigenvalue weighted by Crippen LogP contribution is 2.20. The molecule has 122 valence electrons. The van der Waals surface area contributed by atoms with E-state index in [0.29, 0.717) is 11.0 Å². The number of imidazole rings is 1. The van der Waals surface area contributed by atoms with Gasteiger partial charge in [0.2, 0.25) is 0 Å². The number of nitro benzene ring substituents is 1. The number of fused-ring (bicyclic) bond motifs is 1. The number of aromatic amines is 1. The number of hydrogen-bond donors (Lipinski definition) is 1. The molecule has 2 aromatic carbocycles. The highest BCUT2D eigenvalue weighted by Gasteiger charge is 2.14. The van der Waals surface area contributed by atoms with Gasteiger partial charge in [0.15, 0.2) is 9.84 Å². The van der Waals surface area contributed by atoms with E-state index in [1.165, 1.54) is 24.3 Å². The Morgan fingerprint density at radius 2 is 1.92 bits per heavy atom. The number of aromatic nitrogens is 2. The molecule has 0 aliphatic heterocycles. The van der Waals surface area contributed by atoms with Gasteiger partial charge in [0.05, 0.1) is 16.0 Å². The van der Waals surface area contributed by atoms with Gasteiger partial charge in [-0.25, -0.2) is 13.4 Å². The van der Waals surface area contributed by atoms with E-state index in [0.717, 1.165) is 11.0 Å². The Hall–Kier alpha value is -3.00. The summed E-state index contributed by atoms with van der Waals surface area (Å²) in [5.41, 5.74) is 1.62. The van der Waals surface area contributed by atoms with Crippen LogP contribution in [-0.2, 0) is 15.6 Å². The van der Waals surface area contributed by atoms with E-state index in [1.807, 2.05) is 18.2 Å². The Bertz CT molecular complexity index is 1020. The maximum Gasteiger partial charge on any atom is 0.271 e. The normalized spacial score (nSPS) is 12.0. The molecule has 0 radical (unpaired) electrons. The summed E-state index contributed by atoms with van der Waals surface area (Å²) < 4.78 is 24.3. The van der Waals surface area contributed by atoms with Gasteiger partial charge in [-0.1, -0.05) is 30.3 Å². The Morgan fingerprint density at radius 1 is 1.17 bits per heavy atom. The first-order chi connectivity index (χ1) is 11.4. The van der Waals surface area contributed by atoms with E-state index in [-0.39, 0.29) is 17.3 Å². The zero-order chi connectivity index (χ0) is 17.2. The van der Waals surface area contributed by atoms with E-state index in [1.54, 1.807) is 12.1 Å². The van der Waals surface area contributed by atoms with Crippen molar-refractivity contribution in [3.05, 3.63) is 75.4 Å². The number of rotatable bonds is 5. The molecule has 0 amide bonds.